The average Bonchev–Trinajstić information content (AvgIpc) is 2.34. The summed E-state index contributed by atoms with van der Waals surface area (Å²) in [6, 6.07) is 0. The van der Waals surface area contributed by atoms with Crippen molar-refractivity contribution in [2.24, 2.45) is 0 Å². The van der Waals surface area contributed by atoms with Crippen molar-refractivity contribution in [1.82, 2.24) is 9.55 Å². The molecule has 0 bridgehead atoms. The van der Waals surface area contributed by atoms with Gasteiger partial charge in [-0.3, -0.25) is 14.3 Å². The van der Waals surface area contributed by atoms with E-state index in [-0.39, 0.29) is 24.7 Å². The molecule has 0 spiro atoms. The lowest BCUT2D eigenvalue weighted by molar-refractivity contribution is 0.186. The van der Waals surface area contributed by atoms with Crippen molar-refractivity contribution < 1.29 is 9.84 Å². The molecule has 0 aliphatic rings. The first-order chi connectivity index (χ1) is 9.32. The molecule has 0 saturated heterocycles. The van der Waals surface area contributed by atoms with Gasteiger partial charge in [-0.15, -0.1) is 0 Å². The summed E-state index contributed by atoms with van der Waals surface area (Å²) < 4.78 is 6.14. The Morgan fingerprint density at radius 1 is 1.45 bits per heavy atom. The number of rotatable bonds is 7. The van der Waals surface area contributed by atoms with Gasteiger partial charge in [0.15, 0.2) is 0 Å². The molecule has 0 amide bonds. The molecule has 114 valence electrons. The van der Waals surface area contributed by atoms with Gasteiger partial charge in [0.2, 0.25) is 0 Å². The van der Waals surface area contributed by atoms with Gasteiger partial charge in [-0.05, 0) is 20.3 Å². The van der Waals surface area contributed by atoms with Crippen molar-refractivity contribution in [3.05, 3.63) is 20.8 Å². The lowest BCUT2D eigenvalue weighted by Crippen LogP contribution is -2.40. The highest BCUT2D eigenvalue weighted by Crippen LogP contribution is 2.18. The number of aliphatic hydroxyl groups excluding tert-OH is 1. The van der Waals surface area contributed by atoms with E-state index in [4.69, 9.17) is 15.6 Å². The van der Waals surface area contributed by atoms with Crippen LogP contribution < -0.4 is 22.3 Å². The normalized spacial score (nSPS) is 11.6. The molecule has 1 heterocycles. The summed E-state index contributed by atoms with van der Waals surface area (Å²) >= 11 is 0. The second-order valence-electron chi connectivity index (χ2n) is 5.15. The number of anilines is 2. The Labute approximate surface area is 116 Å². The van der Waals surface area contributed by atoms with Gasteiger partial charge < -0.3 is 20.9 Å². The third-order valence-corrected chi connectivity index (χ3v) is 2.96. The molecule has 8 heteroatoms. The summed E-state index contributed by atoms with van der Waals surface area (Å²) in [6.45, 7) is 4.17. The number of nitrogens with one attached hydrogen (secondary N) is 2. The van der Waals surface area contributed by atoms with Gasteiger partial charge in [-0.2, -0.15) is 0 Å². The van der Waals surface area contributed by atoms with Crippen LogP contribution in [-0.2, 0) is 11.3 Å². The van der Waals surface area contributed by atoms with Gasteiger partial charge >= 0.3 is 5.69 Å². The number of H-pyrrole nitrogens is 1. The topological polar surface area (TPSA) is 122 Å². The number of nitrogens with two attached hydrogens (primary N) is 1. The molecule has 0 unspecified atom stereocenters. The highest BCUT2D eigenvalue weighted by atomic mass is 16.5. The van der Waals surface area contributed by atoms with Crippen LogP contribution in [0.4, 0.5) is 11.5 Å². The Kier molecular flexibility index (Phi) is 5.34. The Morgan fingerprint density at radius 3 is 2.65 bits per heavy atom. The molecular formula is C12H22N4O4. The summed E-state index contributed by atoms with van der Waals surface area (Å²) in [4.78, 5) is 25.8. The molecule has 0 radical (unpaired) electrons. The van der Waals surface area contributed by atoms with Crippen molar-refractivity contribution >= 4 is 11.5 Å². The number of nitrogen functional groups attached to an aromatic ring is 1. The second-order valence-corrected chi connectivity index (χ2v) is 5.15. The fourth-order valence-electron chi connectivity index (χ4n) is 1.79. The van der Waals surface area contributed by atoms with Crippen LogP contribution >= 0.6 is 0 Å². The number of methoxy groups -OCH3 is 1. The number of nitrogens with zero attached hydrogens (tertiary/aromatic N) is 1. The predicted molar refractivity (Wildman–Crippen MR) is 77.0 cm³/mol. The van der Waals surface area contributed by atoms with Crippen molar-refractivity contribution in [2.75, 3.05) is 31.4 Å². The van der Waals surface area contributed by atoms with E-state index >= 15 is 0 Å². The third-order valence-electron chi connectivity index (χ3n) is 2.96. The van der Waals surface area contributed by atoms with E-state index in [0.717, 1.165) is 0 Å². The molecule has 20 heavy (non-hydrogen) atoms. The molecule has 1 aromatic heterocycles. The first kappa shape index (κ1) is 16.3. The zero-order chi connectivity index (χ0) is 15.3. The SMILES string of the molecule is COCCn1c(N)c(NC(C)(C)CCO)c(=O)[nH]c1=O. The van der Waals surface area contributed by atoms with Gasteiger partial charge in [0.05, 0.1) is 13.2 Å². The second kappa shape index (κ2) is 6.58. The van der Waals surface area contributed by atoms with Gasteiger partial charge in [-0.1, -0.05) is 0 Å². The number of ether oxygens (including phenoxy) is 1. The fourth-order valence-corrected chi connectivity index (χ4v) is 1.79. The molecule has 1 aromatic rings. The maximum Gasteiger partial charge on any atom is 0.330 e. The molecule has 0 aromatic carbocycles. The Bertz CT molecular complexity index is 562. The highest BCUT2D eigenvalue weighted by molar-refractivity contribution is 5.61. The Morgan fingerprint density at radius 2 is 2.10 bits per heavy atom. The van der Waals surface area contributed by atoms with E-state index in [9.17, 15) is 9.59 Å². The quantitative estimate of drug-likeness (QED) is 0.527. The number of hydrogen-bond donors (Lipinski definition) is 4. The zero-order valence-electron chi connectivity index (χ0n) is 12.0. The van der Waals surface area contributed by atoms with E-state index in [2.05, 4.69) is 10.3 Å². The van der Waals surface area contributed by atoms with Gasteiger partial charge in [-0.25, -0.2) is 4.79 Å². The minimum atomic E-state index is -0.577. The minimum absolute atomic E-state index is 0.0267. The summed E-state index contributed by atoms with van der Waals surface area (Å²) in [7, 11) is 1.51. The lowest BCUT2D eigenvalue weighted by atomic mass is 10.0. The zero-order valence-corrected chi connectivity index (χ0v) is 12.0. The minimum Gasteiger partial charge on any atom is -0.396 e. The van der Waals surface area contributed by atoms with Crippen LogP contribution in [0.25, 0.3) is 0 Å². The number of aromatic amines is 1. The van der Waals surface area contributed by atoms with E-state index in [1.807, 2.05) is 13.8 Å². The van der Waals surface area contributed by atoms with Crippen molar-refractivity contribution in [2.45, 2.75) is 32.4 Å². The van der Waals surface area contributed by atoms with Crippen molar-refractivity contribution in [3.63, 3.8) is 0 Å². The van der Waals surface area contributed by atoms with Gasteiger partial charge in [0.25, 0.3) is 5.56 Å². The van der Waals surface area contributed by atoms with E-state index in [1.54, 1.807) is 0 Å². The largest absolute Gasteiger partial charge is 0.396 e. The van der Waals surface area contributed by atoms with Crippen LogP contribution in [0, 0.1) is 0 Å². The maximum atomic E-state index is 11.9. The first-order valence-electron chi connectivity index (χ1n) is 6.33. The summed E-state index contributed by atoms with van der Waals surface area (Å²) in [6.07, 6.45) is 0.434. The third kappa shape index (κ3) is 3.84. The monoisotopic (exact) mass is 286 g/mol. The van der Waals surface area contributed by atoms with E-state index < -0.39 is 16.8 Å². The summed E-state index contributed by atoms with van der Waals surface area (Å²) in [5, 5.41) is 12.0. The van der Waals surface area contributed by atoms with E-state index in [0.29, 0.717) is 13.0 Å². The van der Waals surface area contributed by atoms with Crippen LogP contribution in [0.3, 0.4) is 0 Å². The fraction of sp³-hybridized carbons (Fsp3) is 0.667. The Hall–Kier alpha value is -1.80. The van der Waals surface area contributed by atoms with Gasteiger partial charge in [0, 0.05) is 19.3 Å². The number of hydrogen-bond acceptors (Lipinski definition) is 6. The van der Waals surface area contributed by atoms with Crippen LogP contribution in [0.1, 0.15) is 20.3 Å². The average molecular weight is 286 g/mol. The van der Waals surface area contributed by atoms with Crippen molar-refractivity contribution in [1.29, 1.82) is 0 Å². The molecule has 0 aliphatic heterocycles. The lowest BCUT2D eigenvalue weighted by Gasteiger charge is -2.27. The van der Waals surface area contributed by atoms with Crippen LogP contribution in [0.5, 0.6) is 0 Å². The summed E-state index contributed by atoms with van der Waals surface area (Å²) in [5.74, 6) is 0.0572. The van der Waals surface area contributed by atoms with Crippen LogP contribution in [-0.4, -0.2) is 40.5 Å². The van der Waals surface area contributed by atoms with E-state index in [1.165, 1.54) is 11.7 Å². The summed E-state index contributed by atoms with van der Waals surface area (Å²) in [5.41, 5.74) is 4.34. The molecule has 0 saturated carbocycles. The molecule has 1 rings (SSSR count). The molecule has 0 aliphatic carbocycles. The van der Waals surface area contributed by atoms with Crippen LogP contribution in [0.15, 0.2) is 9.59 Å². The number of aromatic nitrogens is 2. The van der Waals surface area contributed by atoms with Crippen molar-refractivity contribution in [3.8, 4) is 0 Å². The van der Waals surface area contributed by atoms with Gasteiger partial charge in [0.1, 0.15) is 11.5 Å². The maximum absolute atomic E-state index is 11.9. The standard InChI is InChI=1S/C12H22N4O4/c1-12(2,4-6-17)15-8-9(13)16(5-7-20-3)11(19)14-10(8)18/h15,17H,4-7,13H2,1-3H3,(H,14,18,19). The smallest absolute Gasteiger partial charge is 0.330 e. The Balaban J connectivity index is 3.20. The van der Waals surface area contributed by atoms with Crippen LogP contribution in [0.2, 0.25) is 0 Å². The predicted octanol–water partition coefficient (Wildman–Crippen LogP) is -0.662. The number of aliphatic hydroxyl groups is 1. The molecule has 5 N–H and O–H groups in total. The molecular weight excluding hydrogens is 264 g/mol. The molecule has 8 nitrogen and oxygen atoms in total. The molecule has 0 atom stereocenters. The first-order valence-corrected chi connectivity index (χ1v) is 6.33. The molecule has 0 fully saturated rings. The highest BCUT2D eigenvalue weighted by Gasteiger charge is 2.21.